The molecule has 0 unspecified atom stereocenters. The summed E-state index contributed by atoms with van der Waals surface area (Å²) in [6, 6.07) is 21.3. The summed E-state index contributed by atoms with van der Waals surface area (Å²) in [5.41, 5.74) is 2.63. The maximum atomic E-state index is 13.1. The lowest BCUT2D eigenvalue weighted by Crippen LogP contribution is -2.38. The first-order valence-electron chi connectivity index (χ1n) is 11.8. The maximum absolute atomic E-state index is 13.1. The van der Waals surface area contributed by atoms with Crippen LogP contribution in [0, 0.1) is 0 Å². The molecule has 0 bridgehead atoms. The fourth-order valence-electron chi connectivity index (χ4n) is 4.52. The number of nitrogens with zero attached hydrogens (tertiary/aromatic N) is 3. The molecule has 0 spiro atoms. The Balaban J connectivity index is 1.38. The zero-order chi connectivity index (χ0) is 24.2. The van der Waals surface area contributed by atoms with E-state index in [-0.39, 0.29) is 5.91 Å². The smallest absolute Gasteiger partial charge is 0.227 e. The Morgan fingerprint density at radius 3 is 2.57 bits per heavy atom. The number of hydrogen-bond acceptors (Lipinski definition) is 6. The molecule has 1 amide bonds. The second kappa shape index (κ2) is 10.1. The van der Waals surface area contributed by atoms with Crippen molar-refractivity contribution in [3.05, 3.63) is 77.9 Å². The van der Waals surface area contributed by atoms with Crippen LogP contribution in [0.2, 0.25) is 0 Å². The fourth-order valence-corrected chi connectivity index (χ4v) is 4.52. The highest BCUT2D eigenvalue weighted by atomic mass is 16.5. The van der Waals surface area contributed by atoms with Crippen molar-refractivity contribution in [2.75, 3.05) is 40.4 Å². The highest BCUT2D eigenvalue weighted by Gasteiger charge is 2.26. The van der Waals surface area contributed by atoms with Crippen LogP contribution in [0.15, 0.2) is 71.7 Å². The number of ether oxygens (including phenoxy) is 3. The highest BCUT2D eigenvalue weighted by Crippen LogP contribution is 2.39. The van der Waals surface area contributed by atoms with Gasteiger partial charge in [0.15, 0.2) is 5.75 Å². The molecule has 3 aromatic carbocycles. The molecule has 2 aliphatic rings. The van der Waals surface area contributed by atoms with Crippen LogP contribution in [0.25, 0.3) is 0 Å². The van der Waals surface area contributed by atoms with Gasteiger partial charge in [0.05, 0.1) is 26.2 Å². The fraction of sp³-hybridized carbons (Fsp3) is 0.286. The van der Waals surface area contributed by atoms with Crippen LogP contribution in [0.4, 0.5) is 5.69 Å². The minimum Gasteiger partial charge on any atom is -0.497 e. The van der Waals surface area contributed by atoms with Gasteiger partial charge >= 0.3 is 0 Å². The molecule has 180 valence electrons. The summed E-state index contributed by atoms with van der Waals surface area (Å²) < 4.78 is 17.0. The van der Waals surface area contributed by atoms with Gasteiger partial charge in [-0.3, -0.25) is 4.79 Å². The number of carbonyl (C=O) groups excluding carboxylic acids is 1. The van der Waals surface area contributed by atoms with Crippen molar-refractivity contribution in [3.63, 3.8) is 0 Å². The molecule has 2 aliphatic heterocycles. The first-order chi connectivity index (χ1) is 17.1. The van der Waals surface area contributed by atoms with E-state index in [9.17, 15) is 4.79 Å². The summed E-state index contributed by atoms with van der Waals surface area (Å²) in [6.07, 6.45) is 1.21. The largest absolute Gasteiger partial charge is 0.497 e. The minimum absolute atomic E-state index is 0.124. The summed E-state index contributed by atoms with van der Waals surface area (Å²) in [5, 5.41) is 0. The summed E-state index contributed by atoms with van der Waals surface area (Å²) in [5.74, 6) is 3.93. The van der Waals surface area contributed by atoms with Crippen LogP contribution >= 0.6 is 0 Å². The standard InChI is InChI=1S/C28H29N3O4/c1-33-21-8-5-7-20(17-21)18-27(32)30-13-6-14-31(16-15-30)28-23-19-22(34-2)11-12-25(23)35-26-10-4-3-9-24(26)29-28/h3-5,7-12,17,19H,6,13-16,18H2,1-2H3. The van der Waals surface area contributed by atoms with Crippen molar-refractivity contribution in [2.24, 2.45) is 4.99 Å². The Labute approximate surface area is 205 Å². The van der Waals surface area contributed by atoms with Gasteiger partial charge in [-0.2, -0.15) is 0 Å². The molecule has 3 aromatic rings. The predicted molar refractivity (Wildman–Crippen MR) is 135 cm³/mol. The van der Waals surface area contributed by atoms with Gasteiger partial charge in [0.1, 0.15) is 28.8 Å². The lowest BCUT2D eigenvalue weighted by Gasteiger charge is -2.25. The van der Waals surface area contributed by atoms with Gasteiger partial charge in [-0.25, -0.2) is 4.99 Å². The van der Waals surface area contributed by atoms with Crippen molar-refractivity contribution >= 4 is 17.4 Å². The molecule has 1 fully saturated rings. The Bertz CT molecular complexity index is 1260. The van der Waals surface area contributed by atoms with E-state index in [0.717, 1.165) is 58.6 Å². The van der Waals surface area contributed by atoms with Gasteiger partial charge in [0.2, 0.25) is 5.91 Å². The van der Waals surface area contributed by atoms with E-state index in [1.54, 1.807) is 14.2 Å². The van der Waals surface area contributed by atoms with Crippen LogP contribution < -0.4 is 14.2 Å². The third kappa shape index (κ3) is 4.94. The molecule has 0 radical (unpaired) electrons. The number of hydrogen-bond donors (Lipinski definition) is 0. The molecule has 0 aromatic heterocycles. The molecule has 7 heteroatoms. The van der Waals surface area contributed by atoms with Crippen LogP contribution in [-0.4, -0.2) is 61.9 Å². The number of rotatable bonds is 4. The quantitative estimate of drug-likeness (QED) is 0.554. The normalized spacial score (nSPS) is 15.1. The van der Waals surface area contributed by atoms with E-state index >= 15 is 0 Å². The van der Waals surface area contributed by atoms with Gasteiger partial charge < -0.3 is 24.0 Å². The van der Waals surface area contributed by atoms with Crippen LogP contribution in [0.5, 0.6) is 23.0 Å². The van der Waals surface area contributed by atoms with E-state index in [0.29, 0.717) is 26.1 Å². The molecule has 0 saturated carbocycles. The highest BCUT2D eigenvalue weighted by molar-refractivity contribution is 6.04. The third-order valence-electron chi connectivity index (χ3n) is 6.38. The van der Waals surface area contributed by atoms with E-state index in [1.165, 1.54) is 0 Å². The monoisotopic (exact) mass is 471 g/mol. The lowest BCUT2D eigenvalue weighted by molar-refractivity contribution is -0.130. The zero-order valence-corrected chi connectivity index (χ0v) is 20.1. The van der Waals surface area contributed by atoms with Gasteiger partial charge in [0.25, 0.3) is 0 Å². The predicted octanol–water partition coefficient (Wildman–Crippen LogP) is 4.66. The average molecular weight is 472 g/mol. The number of amides is 1. The van der Waals surface area contributed by atoms with Crippen molar-refractivity contribution in [1.29, 1.82) is 0 Å². The second-order valence-electron chi connectivity index (χ2n) is 8.62. The molecular weight excluding hydrogens is 442 g/mol. The lowest BCUT2D eigenvalue weighted by atomic mass is 10.1. The van der Waals surface area contributed by atoms with Crippen LogP contribution in [0.3, 0.4) is 0 Å². The van der Waals surface area contributed by atoms with Crippen LogP contribution in [-0.2, 0) is 11.2 Å². The zero-order valence-electron chi connectivity index (χ0n) is 20.1. The summed E-state index contributed by atoms with van der Waals surface area (Å²) in [4.78, 5) is 22.3. The molecule has 7 nitrogen and oxygen atoms in total. The molecule has 0 aliphatic carbocycles. The van der Waals surface area contributed by atoms with E-state index in [2.05, 4.69) is 4.90 Å². The number of carbonyl (C=O) groups is 1. The number of methoxy groups -OCH3 is 2. The van der Waals surface area contributed by atoms with Crippen molar-refractivity contribution in [1.82, 2.24) is 9.80 Å². The molecule has 35 heavy (non-hydrogen) atoms. The Hall–Kier alpha value is -4.00. The van der Waals surface area contributed by atoms with Gasteiger partial charge in [0, 0.05) is 26.2 Å². The molecule has 1 saturated heterocycles. The SMILES string of the molecule is COc1cccc(CC(=O)N2CCCN(C3=Nc4ccccc4Oc4ccc(OC)cc43)CC2)c1. The van der Waals surface area contributed by atoms with E-state index in [1.807, 2.05) is 71.6 Å². The summed E-state index contributed by atoms with van der Waals surface area (Å²) in [6.45, 7) is 2.82. The van der Waals surface area contributed by atoms with Crippen LogP contribution in [0.1, 0.15) is 17.5 Å². The first-order valence-corrected chi connectivity index (χ1v) is 11.8. The van der Waals surface area contributed by atoms with Crippen molar-refractivity contribution in [3.8, 4) is 23.0 Å². The second-order valence-corrected chi connectivity index (χ2v) is 8.62. The Morgan fingerprint density at radius 1 is 0.886 bits per heavy atom. The summed E-state index contributed by atoms with van der Waals surface area (Å²) >= 11 is 0. The molecule has 2 heterocycles. The van der Waals surface area contributed by atoms with Crippen molar-refractivity contribution < 1.29 is 19.0 Å². The number of fused-ring (bicyclic) bond motifs is 2. The minimum atomic E-state index is 0.124. The first kappa shape index (κ1) is 22.8. The molecule has 5 rings (SSSR count). The maximum Gasteiger partial charge on any atom is 0.227 e. The van der Waals surface area contributed by atoms with E-state index in [4.69, 9.17) is 19.2 Å². The topological polar surface area (TPSA) is 63.6 Å². The van der Waals surface area contributed by atoms with Gasteiger partial charge in [-0.1, -0.05) is 24.3 Å². The number of para-hydroxylation sites is 2. The van der Waals surface area contributed by atoms with Crippen molar-refractivity contribution in [2.45, 2.75) is 12.8 Å². The molecular formula is C28H29N3O4. The summed E-state index contributed by atoms with van der Waals surface area (Å²) in [7, 11) is 3.29. The Morgan fingerprint density at radius 2 is 1.71 bits per heavy atom. The molecule has 0 N–H and O–H groups in total. The van der Waals surface area contributed by atoms with Gasteiger partial charge in [-0.05, 0) is 54.4 Å². The third-order valence-corrected chi connectivity index (χ3v) is 6.38. The number of benzene rings is 3. The van der Waals surface area contributed by atoms with Gasteiger partial charge in [-0.15, -0.1) is 0 Å². The average Bonchev–Trinajstić information content (AvgIpc) is 3.23. The van der Waals surface area contributed by atoms with E-state index < -0.39 is 0 Å². The molecule has 0 atom stereocenters. The number of aliphatic imine (C=N–C) groups is 1. The Kier molecular flexibility index (Phi) is 6.57. The number of amidine groups is 1.